The quantitative estimate of drug-likeness (QED) is 0.798. The Morgan fingerprint density at radius 3 is 2.44 bits per heavy atom. The highest BCUT2D eigenvalue weighted by molar-refractivity contribution is 8.16. The summed E-state index contributed by atoms with van der Waals surface area (Å²) >= 11 is 1.41. The Morgan fingerprint density at radius 1 is 1.24 bits per heavy atom. The lowest BCUT2D eigenvalue weighted by atomic mass is 10.2. The van der Waals surface area contributed by atoms with Crippen molar-refractivity contribution in [2.75, 3.05) is 35.4 Å². The normalized spacial score (nSPS) is 26.3. The predicted molar refractivity (Wildman–Crippen MR) is 104 cm³/mol. The summed E-state index contributed by atoms with van der Waals surface area (Å²) in [7, 11) is 0.887. The molecular formula is C17H23N3O3S2. The number of thioether (sulfide) groups is 1. The van der Waals surface area contributed by atoms with Crippen LogP contribution in [0.15, 0.2) is 29.3 Å². The van der Waals surface area contributed by atoms with Crippen LogP contribution in [0, 0.1) is 5.92 Å². The second-order valence-corrected chi connectivity index (χ2v) is 10.3. The SMILES string of the molecule is CC(C)C(=O)N=C1S[C@H]2CS(=O)(=O)C[C@@H]2N1c1ccc(N(C)C)cc1. The van der Waals surface area contributed by atoms with Gasteiger partial charge in [-0.05, 0) is 24.3 Å². The van der Waals surface area contributed by atoms with E-state index in [0.717, 1.165) is 11.4 Å². The topological polar surface area (TPSA) is 70.0 Å². The number of amidine groups is 1. The fourth-order valence-corrected chi connectivity index (χ4v) is 6.92. The number of hydrogen-bond donors (Lipinski definition) is 0. The zero-order valence-corrected chi connectivity index (χ0v) is 16.5. The summed E-state index contributed by atoms with van der Waals surface area (Å²) in [5.74, 6) is -0.117. The van der Waals surface area contributed by atoms with Crippen LogP contribution >= 0.6 is 11.8 Å². The monoisotopic (exact) mass is 381 g/mol. The number of benzene rings is 1. The Bertz CT molecular complexity index is 801. The van der Waals surface area contributed by atoms with Crippen LogP contribution in [-0.4, -0.2) is 56.4 Å². The van der Waals surface area contributed by atoms with E-state index in [9.17, 15) is 13.2 Å². The van der Waals surface area contributed by atoms with Crippen molar-refractivity contribution < 1.29 is 13.2 Å². The molecule has 2 heterocycles. The average molecular weight is 382 g/mol. The van der Waals surface area contributed by atoms with Gasteiger partial charge in [-0.3, -0.25) is 4.79 Å². The van der Waals surface area contributed by atoms with Gasteiger partial charge < -0.3 is 9.80 Å². The maximum absolute atomic E-state index is 12.1. The first-order chi connectivity index (χ1) is 11.7. The third-order valence-corrected chi connectivity index (χ3v) is 7.62. The highest BCUT2D eigenvalue weighted by Crippen LogP contribution is 2.41. The molecule has 2 fully saturated rings. The van der Waals surface area contributed by atoms with Crippen molar-refractivity contribution in [2.24, 2.45) is 10.9 Å². The number of amides is 1. The van der Waals surface area contributed by atoms with E-state index < -0.39 is 9.84 Å². The van der Waals surface area contributed by atoms with Crippen molar-refractivity contribution in [3.63, 3.8) is 0 Å². The van der Waals surface area contributed by atoms with Crippen molar-refractivity contribution in [3.8, 4) is 0 Å². The van der Waals surface area contributed by atoms with Crippen LogP contribution in [0.4, 0.5) is 11.4 Å². The molecule has 0 saturated carbocycles. The number of anilines is 2. The van der Waals surface area contributed by atoms with E-state index in [4.69, 9.17) is 0 Å². The van der Waals surface area contributed by atoms with Crippen molar-refractivity contribution >= 4 is 44.0 Å². The minimum Gasteiger partial charge on any atom is -0.378 e. The van der Waals surface area contributed by atoms with Gasteiger partial charge in [0.05, 0.1) is 17.5 Å². The molecule has 1 amide bonds. The van der Waals surface area contributed by atoms with Gasteiger partial charge in [-0.15, -0.1) is 0 Å². The van der Waals surface area contributed by atoms with Crippen LogP contribution in [0.25, 0.3) is 0 Å². The largest absolute Gasteiger partial charge is 0.378 e. The van der Waals surface area contributed by atoms with E-state index in [1.165, 1.54) is 11.8 Å². The number of carbonyl (C=O) groups is 1. The molecule has 1 aromatic carbocycles. The summed E-state index contributed by atoms with van der Waals surface area (Å²) in [5, 5.41) is 0.540. The first kappa shape index (κ1) is 18.3. The smallest absolute Gasteiger partial charge is 0.250 e. The lowest BCUT2D eigenvalue weighted by Gasteiger charge is -2.25. The second-order valence-electron chi connectivity index (χ2n) is 6.97. The third-order valence-electron chi connectivity index (χ3n) is 4.41. The van der Waals surface area contributed by atoms with E-state index in [1.807, 2.05) is 62.0 Å². The number of aliphatic imine (C=N–C) groups is 1. The van der Waals surface area contributed by atoms with Gasteiger partial charge in [0.25, 0.3) is 5.91 Å². The van der Waals surface area contributed by atoms with Gasteiger partial charge in [0.2, 0.25) is 0 Å². The highest BCUT2D eigenvalue weighted by Gasteiger charge is 2.49. The Labute approximate surface area is 153 Å². The molecule has 0 aromatic heterocycles. The van der Waals surface area contributed by atoms with Crippen molar-refractivity contribution in [1.29, 1.82) is 0 Å². The summed E-state index contributed by atoms with van der Waals surface area (Å²) in [4.78, 5) is 20.3. The van der Waals surface area contributed by atoms with E-state index in [2.05, 4.69) is 4.99 Å². The maximum atomic E-state index is 12.1. The maximum Gasteiger partial charge on any atom is 0.250 e. The van der Waals surface area contributed by atoms with Gasteiger partial charge in [0, 0.05) is 36.6 Å². The molecule has 0 bridgehead atoms. The second kappa shape index (κ2) is 6.64. The molecular weight excluding hydrogens is 358 g/mol. The molecule has 2 aliphatic rings. The van der Waals surface area contributed by atoms with Crippen LogP contribution in [0.5, 0.6) is 0 Å². The van der Waals surface area contributed by atoms with Crippen LogP contribution in [0.3, 0.4) is 0 Å². The molecule has 2 saturated heterocycles. The summed E-state index contributed by atoms with van der Waals surface area (Å²) in [6, 6.07) is 7.72. The number of fused-ring (bicyclic) bond motifs is 1. The molecule has 0 N–H and O–H groups in total. The number of sulfone groups is 1. The van der Waals surface area contributed by atoms with Crippen LogP contribution in [-0.2, 0) is 14.6 Å². The molecule has 25 heavy (non-hydrogen) atoms. The fraction of sp³-hybridized carbons (Fsp3) is 0.529. The molecule has 2 aliphatic heterocycles. The molecule has 0 unspecified atom stereocenters. The summed E-state index contributed by atoms with van der Waals surface area (Å²) < 4.78 is 24.1. The van der Waals surface area contributed by atoms with Crippen LogP contribution in [0.2, 0.25) is 0 Å². The Balaban J connectivity index is 1.98. The van der Waals surface area contributed by atoms with E-state index in [1.54, 1.807) is 0 Å². The van der Waals surface area contributed by atoms with Crippen molar-refractivity contribution in [1.82, 2.24) is 0 Å². The Kier molecular flexibility index (Phi) is 4.85. The van der Waals surface area contributed by atoms with E-state index in [0.29, 0.717) is 5.17 Å². The van der Waals surface area contributed by atoms with Gasteiger partial charge >= 0.3 is 0 Å². The van der Waals surface area contributed by atoms with Crippen molar-refractivity contribution in [2.45, 2.75) is 25.1 Å². The van der Waals surface area contributed by atoms with Crippen LogP contribution < -0.4 is 9.80 Å². The zero-order chi connectivity index (χ0) is 18.4. The van der Waals surface area contributed by atoms with Gasteiger partial charge in [0.15, 0.2) is 15.0 Å². The molecule has 0 radical (unpaired) electrons. The number of hydrogen-bond acceptors (Lipinski definition) is 5. The molecule has 1 aromatic rings. The fourth-order valence-electron chi connectivity index (χ4n) is 3.00. The Hall–Kier alpha value is -1.54. The van der Waals surface area contributed by atoms with Gasteiger partial charge in [-0.2, -0.15) is 4.99 Å². The first-order valence-corrected chi connectivity index (χ1v) is 10.9. The first-order valence-electron chi connectivity index (χ1n) is 8.24. The van der Waals surface area contributed by atoms with Gasteiger partial charge in [-0.1, -0.05) is 25.6 Å². The average Bonchev–Trinajstić information content (AvgIpc) is 2.98. The lowest BCUT2D eigenvalue weighted by molar-refractivity contribution is -0.120. The summed E-state index contributed by atoms with van der Waals surface area (Å²) in [6.07, 6.45) is 0. The molecule has 0 spiro atoms. The summed E-state index contributed by atoms with van der Waals surface area (Å²) in [6.45, 7) is 3.63. The van der Waals surface area contributed by atoms with Crippen LogP contribution in [0.1, 0.15) is 13.8 Å². The van der Waals surface area contributed by atoms with E-state index in [-0.39, 0.29) is 34.6 Å². The molecule has 2 atom stereocenters. The minimum atomic E-state index is -3.05. The predicted octanol–water partition coefficient (Wildman–Crippen LogP) is 2.01. The zero-order valence-electron chi connectivity index (χ0n) is 14.8. The molecule has 136 valence electrons. The molecule has 0 aliphatic carbocycles. The number of nitrogens with zero attached hydrogens (tertiary/aromatic N) is 3. The number of rotatable bonds is 3. The Morgan fingerprint density at radius 2 is 1.88 bits per heavy atom. The van der Waals surface area contributed by atoms with Gasteiger partial charge in [0.1, 0.15) is 0 Å². The minimum absolute atomic E-state index is 0.0720. The third kappa shape index (κ3) is 3.69. The standard InChI is InChI=1S/C17H23N3O3S2/c1-11(2)16(21)18-17-20(13-7-5-12(6-8-13)19(3)4)14-9-25(22,23)10-15(14)24-17/h5-8,11,14-15H,9-10H2,1-4H3/t14-,15-/m0/s1. The lowest BCUT2D eigenvalue weighted by Crippen LogP contribution is -2.37. The molecule has 6 nitrogen and oxygen atoms in total. The van der Waals surface area contributed by atoms with Crippen molar-refractivity contribution in [3.05, 3.63) is 24.3 Å². The summed E-state index contributed by atoms with van der Waals surface area (Å²) in [5.41, 5.74) is 1.93. The highest BCUT2D eigenvalue weighted by atomic mass is 32.2. The molecule has 3 rings (SSSR count). The molecule has 8 heteroatoms. The number of carbonyl (C=O) groups excluding carboxylic acids is 1. The van der Waals surface area contributed by atoms with Gasteiger partial charge in [-0.25, -0.2) is 8.42 Å². The van der Waals surface area contributed by atoms with E-state index >= 15 is 0 Å².